The van der Waals surface area contributed by atoms with Crippen LogP contribution in [0.4, 0.5) is 0 Å². The monoisotopic (exact) mass is 371 g/mol. The van der Waals surface area contributed by atoms with Gasteiger partial charge < -0.3 is 0 Å². The van der Waals surface area contributed by atoms with Crippen LogP contribution in [-0.4, -0.2) is 0 Å². The molecule has 154 valence electrons. The third kappa shape index (κ3) is 5.31. The van der Waals surface area contributed by atoms with Gasteiger partial charge in [0, 0.05) is 0 Å². The Bertz CT molecular complexity index is 477. The van der Waals surface area contributed by atoms with E-state index in [-0.39, 0.29) is 5.41 Å². The van der Waals surface area contributed by atoms with Crippen LogP contribution in [0.2, 0.25) is 0 Å². The smallest absolute Gasteiger partial charge is 0.0689 e. The minimum Gasteiger partial charge on any atom is -0.198 e. The zero-order chi connectivity index (χ0) is 19.1. The van der Waals surface area contributed by atoms with Gasteiger partial charge in [0.05, 0.1) is 11.5 Å². The van der Waals surface area contributed by atoms with Crippen LogP contribution < -0.4 is 0 Å². The molecule has 3 aliphatic rings. The Hall–Kier alpha value is -0.510. The fourth-order valence-electron chi connectivity index (χ4n) is 7.22. The van der Waals surface area contributed by atoms with Gasteiger partial charge in [0.2, 0.25) is 0 Å². The molecular formula is C26H45N. The molecule has 0 N–H and O–H groups in total. The van der Waals surface area contributed by atoms with Crippen molar-refractivity contribution in [1.29, 1.82) is 5.26 Å². The molecule has 0 saturated heterocycles. The third-order valence-corrected chi connectivity index (χ3v) is 8.78. The Morgan fingerprint density at radius 3 is 2.33 bits per heavy atom. The highest BCUT2D eigenvalue weighted by Gasteiger charge is 2.48. The van der Waals surface area contributed by atoms with Gasteiger partial charge in [-0.1, -0.05) is 71.6 Å². The molecular weight excluding hydrogens is 326 g/mol. The standard InChI is InChI=1S/C26H45N/c1-3-5-7-8-9-10-21-11-14-24-22(18-21)12-13-23-19-26(20-27,16-6-4-2)17-15-25(23)24/h21-25H,3-19H2,1-2H3. The maximum atomic E-state index is 9.91. The second-order valence-electron chi connectivity index (χ2n) is 10.5. The molecule has 0 spiro atoms. The summed E-state index contributed by atoms with van der Waals surface area (Å²) in [5.74, 6) is 4.93. The summed E-state index contributed by atoms with van der Waals surface area (Å²) < 4.78 is 0. The molecule has 0 radical (unpaired) electrons. The minimum absolute atomic E-state index is 0.0414. The van der Waals surface area contributed by atoms with Crippen LogP contribution >= 0.6 is 0 Å². The van der Waals surface area contributed by atoms with E-state index >= 15 is 0 Å². The highest BCUT2D eigenvalue weighted by molar-refractivity contribution is 5.06. The maximum Gasteiger partial charge on any atom is 0.0689 e. The highest BCUT2D eigenvalue weighted by Crippen LogP contribution is 2.57. The Morgan fingerprint density at radius 2 is 1.56 bits per heavy atom. The number of unbranched alkanes of at least 4 members (excludes halogenated alkanes) is 5. The van der Waals surface area contributed by atoms with E-state index < -0.39 is 0 Å². The van der Waals surface area contributed by atoms with Gasteiger partial charge in [-0.25, -0.2) is 0 Å². The van der Waals surface area contributed by atoms with Crippen LogP contribution in [0.1, 0.15) is 123 Å². The molecule has 3 saturated carbocycles. The van der Waals surface area contributed by atoms with Crippen molar-refractivity contribution in [2.75, 3.05) is 0 Å². The van der Waals surface area contributed by atoms with Gasteiger partial charge in [0.25, 0.3) is 0 Å². The molecule has 0 bridgehead atoms. The number of rotatable bonds is 9. The van der Waals surface area contributed by atoms with Crippen LogP contribution in [0.3, 0.4) is 0 Å². The van der Waals surface area contributed by atoms with Crippen LogP contribution in [0.5, 0.6) is 0 Å². The van der Waals surface area contributed by atoms with Gasteiger partial charge in [-0.15, -0.1) is 0 Å². The Kier molecular flexibility index (Phi) is 8.10. The van der Waals surface area contributed by atoms with Crippen molar-refractivity contribution in [2.24, 2.45) is 35.0 Å². The molecule has 6 unspecified atom stereocenters. The van der Waals surface area contributed by atoms with E-state index in [9.17, 15) is 5.26 Å². The molecule has 0 amide bonds. The van der Waals surface area contributed by atoms with Crippen molar-refractivity contribution >= 4 is 0 Å². The van der Waals surface area contributed by atoms with Crippen molar-refractivity contribution < 1.29 is 0 Å². The highest BCUT2D eigenvalue weighted by atomic mass is 14.5. The van der Waals surface area contributed by atoms with E-state index in [2.05, 4.69) is 19.9 Å². The summed E-state index contributed by atoms with van der Waals surface area (Å²) in [5.41, 5.74) is 0.0414. The minimum atomic E-state index is 0.0414. The lowest BCUT2D eigenvalue weighted by Crippen LogP contribution is -2.44. The Balaban J connectivity index is 1.48. The van der Waals surface area contributed by atoms with E-state index in [1.54, 1.807) is 6.42 Å². The summed E-state index contributed by atoms with van der Waals surface area (Å²) in [5, 5.41) is 9.91. The topological polar surface area (TPSA) is 23.8 Å². The fraction of sp³-hybridized carbons (Fsp3) is 0.962. The predicted molar refractivity (Wildman–Crippen MR) is 115 cm³/mol. The first kappa shape index (κ1) is 21.2. The lowest BCUT2D eigenvalue weighted by molar-refractivity contribution is -0.0181. The summed E-state index contributed by atoms with van der Waals surface area (Å²) in [6, 6.07) is 2.80. The van der Waals surface area contributed by atoms with Crippen molar-refractivity contribution in [2.45, 2.75) is 123 Å². The quantitative estimate of drug-likeness (QED) is 0.374. The molecule has 0 aromatic carbocycles. The average Bonchev–Trinajstić information content (AvgIpc) is 2.71. The molecule has 0 aromatic rings. The van der Waals surface area contributed by atoms with E-state index in [0.29, 0.717) is 0 Å². The largest absolute Gasteiger partial charge is 0.198 e. The summed E-state index contributed by atoms with van der Waals surface area (Å²) in [7, 11) is 0. The summed E-state index contributed by atoms with van der Waals surface area (Å²) >= 11 is 0. The first-order chi connectivity index (χ1) is 13.2. The molecule has 0 heterocycles. The van der Waals surface area contributed by atoms with Crippen LogP contribution in [0, 0.1) is 46.3 Å². The SMILES string of the molecule is CCCCCCCC1CCC2C(CCC3CC(C#N)(CCCC)CCC32)C1. The number of nitrogens with zero attached hydrogens (tertiary/aromatic N) is 1. The molecule has 3 rings (SSSR count). The van der Waals surface area contributed by atoms with Gasteiger partial charge >= 0.3 is 0 Å². The maximum absolute atomic E-state index is 9.91. The van der Waals surface area contributed by atoms with Crippen molar-refractivity contribution in [3.05, 3.63) is 0 Å². The zero-order valence-corrected chi connectivity index (χ0v) is 18.4. The van der Waals surface area contributed by atoms with Gasteiger partial charge in [-0.3, -0.25) is 0 Å². The van der Waals surface area contributed by atoms with Crippen LogP contribution in [-0.2, 0) is 0 Å². The van der Waals surface area contributed by atoms with E-state index in [1.165, 1.54) is 96.3 Å². The first-order valence-electron chi connectivity index (χ1n) is 12.6. The van der Waals surface area contributed by atoms with Gasteiger partial charge in [0.1, 0.15) is 0 Å². The average molecular weight is 372 g/mol. The molecule has 1 nitrogen and oxygen atoms in total. The molecule has 3 fully saturated rings. The van der Waals surface area contributed by atoms with Crippen LogP contribution in [0.25, 0.3) is 0 Å². The Morgan fingerprint density at radius 1 is 0.815 bits per heavy atom. The number of nitriles is 1. The lowest BCUT2D eigenvalue weighted by atomic mass is 9.52. The molecule has 0 aliphatic heterocycles. The first-order valence-corrected chi connectivity index (χ1v) is 12.6. The van der Waals surface area contributed by atoms with Crippen molar-refractivity contribution in [1.82, 2.24) is 0 Å². The van der Waals surface area contributed by atoms with Crippen LogP contribution in [0.15, 0.2) is 0 Å². The van der Waals surface area contributed by atoms with Crippen molar-refractivity contribution in [3.8, 4) is 6.07 Å². The second-order valence-corrected chi connectivity index (χ2v) is 10.5. The second kappa shape index (κ2) is 10.3. The normalized spacial score (nSPS) is 38.6. The molecule has 6 atom stereocenters. The fourth-order valence-corrected chi connectivity index (χ4v) is 7.22. The summed E-state index contributed by atoms with van der Waals surface area (Å²) in [6.07, 6.45) is 23.6. The third-order valence-electron chi connectivity index (χ3n) is 8.78. The molecule has 27 heavy (non-hydrogen) atoms. The molecule has 3 aliphatic carbocycles. The zero-order valence-electron chi connectivity index (χ0n) is 18.4. The van der Waals surface area contributed by atoms with E-state index in [0.717, 1.165) is 36.0 Å². The van der Waals surface area contributed by atoms with Crippen molar-refractivity contribution in [3.63, 3.8) is 0 Å². The molecule has 1 heteroatoms. The van der Waals surface area contributed by atoms with Gasteiger partial charge in [-0.2, -0.15) is 5.26 Å². The summed E-state index contributed by atoms with van der Waals surface area (Å²) in [4.78, 5) is 0. The lowest BCUT2D eigenvalue weighted by Gasteiger charge is -2.52. The predicted octanol–water partition coefficient (Wildman–Crippen LogP) is 8.29. The summed E-state index contributed by atoms with van der Waals surface area (Å²) in [6.45, 7) is 4.58. The molecule has 0 aromatic heterocycles. The van der Waals surface area contributed by atoms with Gasteiger partial charge in [0.15, 0.2) is 0 Å². The Labute approximate surface area is 169 Å². The number of fused-ring (bicyclic) bond motifs is 3. The number of hydrogen-bond donors (Lipinski definition) is 0. The van der Waals surface area contributed by atoms with E-state index in [1.807, 2.05) is 0 Å². The van der Waals surface area contributed by atoms with Gasteiger partial charge in [-0.05, 0) is 81.0 Å². The van der Waals surface area contributed by atoms with E-state index in [4.69, 9.17) is 0 Å². The number of hydrogen-bond acceptors (Lipinski definition) is 1.